The van der Waals surface area contributed by atoms with Gasteiger partial charge in [0.05, 0.1) is 6.10 Å². The minimum atomic E-state index is 0.597. The average Bonchev–Trinajstić information content (AvgIpc) is 1.65. The molecule has 0 unspecified atom stereocenters. The van der Waals surface area contributed by atoms with Crippen LogP contribution in [0.15, 0.2) is 0 Å². The van der Waals surface area contributed by atoms with E-state index in [1.54, 1.807) is 7.11 Å². The van der Waals surface area contributed by atoms with Crippen molar-refractivity contribution in [1.82, 2.24) is 0 Å². The Morgan fingerprint density at radius 3 is 2.50 bits per heavy atom. The summed E-state index contributed by atoms with van der Waals surface area (Å²) in [5, 5.41) is 0. The van der Waals surface area contributed by atoms with E-state index in [1.807, 2.05) is 0 Å². The van der Waals surface area contributed by atoms with Crippen molar-refractivity contribution in [3.63, 3.8) is 0 Å². The van der Waals surface area contributed by atoms with Gasteiger partial charge < -0.3 is 4.74 Å². The van der Waals surface area contributed by atoms with Crippen molar-refractivity contribution in [2.75, 3.05) is 7.11 Å². The highest BCUT2D eigenvalue weighted by molar-refractivity contribution is 4.78. The summed E-state index contributed by atoms with van der Waals surface area (Å²) in [5.74, 6) is 0.972. The summed E-state index contributed by atoms with van der Waals surface area (Å²) in [6, 6.07) is 0. The van der Waals surface area contributed by atoms with Gasteiger partial charge in [0, 0.05) is 7.11 Å². The van der Waals surface area contributed by atoms with Gasteiger partial charge in [-0.2, -0.15) is 0 Å². The molecule has 0 atom stereocenters. The third kappa shape index (κ3) is 1.03. The van der Waals surface area contributed by atoms with Gasteiger partial charge in [-0.05, 0) is 18.8 Å². The molecule has 0 heterocycles. The van der Waals surface area contributed by atoms with Crippen LogP contribution in [0.5, 0.6) is 0 Å². The minimum Gasteiger partial charge on any atom is -0.381 e. The Balaban J connectivity index is 2.03. The molecule has 1 nitrogen and oxygen atoms in total. The molecule has 1 aliphatic carbocycles. The monoisotopic (exact) mass is 114 g/mol. The molecule has 0 bridgehead atoms. The van der Waals surface area contributed by atoms with Crippen LogP contribution in [0, 0.1) is 5.92 Å². The maximum atomic E-state index is 5.12. The summed E-state index contributed by atoms with van der Waals surface area (Å²) >= 11 is 0. The first-order valence-corrected chi connectivity index (χ1v) is 3.39. The third-order valence-electron chi connectivity index (χ3n) is 2.10. The van der Waals surface area contributed by atoms with Crippen molar-refractivity contribution < 1.29 is 4.74 Å². The Labute approximate surface area is 51.0 Å². The summed E-state index contributed by atoms with van der Waals surface area (Å²) in [4.78, 5) is 0. The van der Waals surface area contributed by atoms with Crippen LogP contribution in [0.3, 0.4) is 0 Å². The second-order valence-electron chi connectivity index (χ2n) is 2.60. The predicted molar refractivity (Wildman–Crippen MR) is 33.8 cm³/mol. The normalized spacial score (nSPS) is 36.8. The van der Waals surface area contributed by atoms with Gasteiger partial charge >= 0.3 is 0 Å². The zero-order chi connectivity index (χ0) is 5.98. The van der Waals surface area contributed by atoms with Gasteiger partial charge in [0.1, 0.15) is 0 Å². The van der Waals surface area contributed by atoms with Crippen LogP contribution in [0.2, 0.25) is 0 Å². The van der Waals surface area contributed by atoms with E-state index in [0.717, 1.165) is 5.92 Å². The number of hydrogen-bond donors (Lipinski definition) is 0. The fraction of sp³-hybridized carbons (Fsp3) is 1.00. The van der Waals surface area contributed by atoms with E-state index in [0.29, 0.717) is 6.10 Å². The van der Waals surface area contributed by atoms with Gasteiger partial charge in [0.25, 0.3) is 0 Å². The van der Waals surface area contributed by atoms with Gasteiger partial charge in [0.2, 0.25) is 0 Å². The molecular formula is C7H14O. The van der Waals surface area contributed by atoms with Crippen molar-refractivity contribution >= 4 is 0 Å². The second kappa shape index (κ2) is 2.49. The molecule has 0 spiro atoms. The largest absolute Gasteiger partial charge is 0.381 e. The van der Waals surface area contributed by atoms with Crippen LogP contribution in [0.1, 0.15) is 26.2 Å². The molecule has 1 rings (SSSR count). The first-order valence-electron chi connectivity index (χ1n) is 3.39. The van der Waals surface area contributed by atoms with Gasteiger partial charge in [-0.3, -0.25) is 0 Å². The molecule has 0 aromatic heterocycles. The Kier molecular flexibility index (Phi) is 1.90. The molecule has 0 aromatic rings. The quantitative estimate of drug-likeness (QED) is 0.532. The number of hydrogen-bond acceptors (Lipinski definition) is 1. The standard InChI is InChI=1S/C7H14O/c1-3-6-4-7(5-6)8-2/h6-7H,3-5H2,1-2H3/t6-,7+. The minimum absolute atomic E-state index is 0.597. The molecule has 1 fully saturated rings. The van der Waals surface area contributed by atoms with E-state index in [2.05, 4.69) is 6.92 Å². The highest BCUT2D eigenvalue weighted by Crippen LogP contribution is 2.31. The molecule has 0 saturated heterocycles. The summed E-state index contributed by atoms with van der Waals surface area (Å²) in [6.45, 7) is 2.25. The van der Waals surface area contributed by atoms with E-state index in [-0.39, 0.29) is 0 Å². The lowest BCUT2D eigenvalue weighted by molar-refractivity contribution is 0.000105. The first-order chi connectivity index (χ1) is 3.86. The summed E-state index contributed by atoms with van der Waals surface area (Å²) in [5.41, 5.74) is 0. The molecule has 48 valence electrons. The maximum Gasteiger partial charge on any atom is 0.0576 e. The van der Waals surface area contributed by atoms with E-state index >= 15 is 0 Å². The van der Waals surface area contributed by atoms with Gasteiger partial charge in [-0.25, -0.2) is 0 Å². The molecule has 0 radical (unpaired) electrons. The molecular weight excluding hydrogens is 100 g/mol. The Bertz CT molecular complexity index is 56.8. The average molecular weight is 114 g/mol. The van der Waals surface area contributed by atoms with Gasteiger partial charge in [-0.15, -0.1) is 0 Å². The smallest absolute Gasteiger partial charge is 0.0576 e. The Hall–Kier alpha value is -0.0400. The van der Waals surface area contributed by atoms with E-state index in [9.17, 15) is 0 Å². The maximum absolute atomic E-state index is 5.12. The third-order valence-corrected chi connectivity index (χ3v) is 2.10. The molecule has 1 saturated carbocycles. The van der Waals surface area contributed by atoms with Crippen LogP contribution < -0.4 is 0 Å². The van der Waals surface area contributed by atoms with Crippen molar-refractivity contribution in [1.29, 1.82) is 0 Å². The number of methoxy groups -OCH3 is 1. The van der Waals surface area contributed by atoms with Crippen molar-refractivity contribution in [3.05, 3.63) is 0 Å². The topological polar surface area (TPSA) is 9.23 Å². The molecule has 0 aliphatic heterocycles. The van der Waals surface area contributed by atoms with Gasteiger partial charge in [-0.1, -0.05) is 13.3 Å². The van der Waals surface area contributed by atoms with Crippen LogP contribution in [0.25, 0.3) is 0 Å². The molecule has 0 amide bonds. The van der Waals surface area contributed by atoms with E-state index < -0.39 is 0 Å². The Morgan fingerprint density at radius 1 is 1.50 bits per heavy atom. The Morgan fingerprint density at radius 2 is 2.12 bits per heavy atom. The number of ether oxygens (including phenoxy) is 1. The predicted octanol–water partition coefficient (Wildman–Crippen LogP) is 1.82. The molecule has 8 heavy (non-hydrogen) atoms. The summed E-state index contributed by atoms with van der Waals surface area (Å²) in [7, 11) is 1.80. The zero-order valence-corrected chi connectivity index (χ0v) is 5.68. The molecule has 1 aliphatic rings. The van der Waals surface area contributed by atoms with Crippen molar-refractivity contribution in [2.45, 2.75) is 32.3 Å². The van der Waals surface area contributed by atoms with Crippen LogP contribution in [-0.2, 0) is 4.74 Å². The highest BCUT2D eigenvalue weighted by atomic mass is 16.5. The zero-order valence-electron chi connectivity index (χ0n) is 5.68. The summed E-state index contributed by atoms with van der Waals surface area (Å²) < 4.78 is 5.12. The lowest BCUT2D eigenvalue weighted by Gasteiger charge is -2.33. The molecule has 0 aromatic carbocycles. The van der Waals surface area contributed by atoms with Crippen LogP contribution >= 0.6 is 0 Å². The SMILES string of the molecule is CC[C@H]1C[C@@H](OC)C1. The van der Waals surface area contributed by atoms with Gasteiger partial charge in [0.15, 0.2) is 0 Å². The highest BCUT2D eigenvalue weighted by Gasteiger charge is 2.26. The molecule has 1 heteroatoms. The number of rotatable bonds is 2. The fourth-order valence-corrected chi connectivity index (χ4v) is 1.20. The first kappa shape index (κ1) is 6.09. The van der Waals surface area contributed by atoms with Crippen LogP contribution in [-0.4, -0.2) is 13.2 Å². The van der Waals surface area contributed by atoms with Crippen molar-refractivity contribution in [3.8, 4) is 0 Å². The second-order valence-corrected chi connectivity index (χ2v) is 2.60. The van der Waals surface area contributed by atoms with E-state index in [4.69, 9.17) is 4.74 Å². The lowest BCUT2D eigenvalue weighted by atomic mass is 9.81. The molecule has 0 N–H and O–H groups in total. The lowest BCUT2D eigenvalue weighted by Crippen LogP contribution is -2.29. The van der Waals surface area contributed by atoms with Crippen molar-refractivity contribution in [2.24, 2.45) is 5.92 Å². The van der Waals surface area contributed by atoms with Crippen LogP contribution in [0.4, 0.5) is 0 Å². The van der Waals surface area contributed by atoms with E-state index in [1.165, 1.54) is 19.3 Å². The summed E-state index contributed by atoms with van der Waals surface area (Å²) in [6.07, 6.45) is 4.53. The fourth-order valence-electron chi connectivity index (χ4n) is 1.20.